The van der Waals surface area contributed by atoms with E-state index < -0.39 is 10.4 Å². The molecule has 0 spiro atoms. The van der Waals surface area contributed by atoms with Gasteiger partial charge in [0.05, 0.1) is 6.10 Å². The molecule has 0 bridgehead atoms. The van der Waals surface area contributed by atoms with Crippen molar-refractivity contribution < 1.29 is 17.2 Å². The summed E-state index contributed by atoms with van der Waals surface area (Å²) in [5.41, 5.74) is 0. The number of rotatable bonds is 6. The molecule has 1 unspecified atom stereocenters. The highest BCUT2D eigenvalue weighted by Crippen LogP contribution is 2.10. The lowest BCUT2D eigenvalue weighted by atomic mass is 10.1. The van der Waals surface area contributed by atoms with Crippen molar-refractivity contribution in [1.82, 2.24) is 0 Å². The molecule has 0 aromatic heterocycles. The molecule has 0 aliphatic carbocycles. The molecule has 0 rings (SSSR count). The van der Waals surface area contributed by atoms with Crippen molar-refractivity contribution >= 4 is 10.4 Å². The third-order valence-corrected chi connectivity index (χ3v) is 2.11. The molecule has 0 radical (unpaired) electrons. The zero-order chi connectivity index (χ0) is 9.61. The largest absolute Gasteiger partial charge is 0.397 e. The molecule has 0 saturated heterocycles. The monoisotopic (exact) mass is 196 g/mol. The van der Waals surface area contributed by atoms with Crippen molar-refractivity contribution in [2.75, 3.05) is 0 Å². The summed E-state index contributed by atoms with van der Waals surface area (Å²) in [6.45, 7) is 3.84. The van der Waals surface area contributed by atoms with Gasteiger partial charge in [0.1, 0.15) is 0 Å². The molecule has 0 fully saturated rings. The fraction of sp³-hybridized carbons (Fsp3) is 1.00. The molecule has 5 heteroatoms. The van der Waals surface area contributed by atoms with E-state index in [1.807, 2.05) is 13.8 Å². The highest BCUT2D eigenvalue weighted by molar-refractivity contribution is 7.80. The Morgan fingerprint density at radius 3 is 2.33 bits per heavy atom. The summed E-state index contributed by atoms with van der Waals surface area (Å²) in [6.07, 6.45) is 2.80. The predicted molar refractivity (Wildman–Crippen MR) is 46.2 cm³/mol. The van der Waals surface area contributed by atoms with E-state index in [2.05, 4.69) is 4.18 Å². The van der Waals surface area contributed by atoms with Crippen LogP contribution in [0.4, 0.5) is 0 Å². The van der Waals surface area contributed by atoms with Gasteiger partial charge in [0.15, 0.2) is 0 Å². The van der Waals surface area contributed by atoms with Crippen molar-refractivity contribution in [1.29, 1.82) is 0 Å². The van der Waals surface area contributed by atoms with Gasteiger partial charge in [-0.1, -0.05) is 26.7 Å². The van der Waals surface area contributed by atoms with Gasteiger partial charge in [0, 0.05) is 0 Å². The molecule has 12 heavy (non-hydrogen) atoms. The summed E-state index contributed by atoms with van der Waals surface area (Å²) < 4.78 is 33.4. The second-order valence-electron chi connectivity index (χ2n) is 2.70. The summed E-state index contributed by atoms with van der Waals surface area (Å²) in [6, 6.07) is 0. The lowest BCUT2D eigenvalue weighted by molar-refractivity contribution is 0.166. The highest BCUT2D eigenvalue weighted by atomic mass is 32.3. The minimum atomic E-state index is -4.27. The van der Waals surface area contributed by atoms with Crippen LogP contribution in [0.15, 0.2) is 0 Å². The fourth-order valence-electron chi connectivity index (χ4n) is 0.924. The van der Waals surface area contributed by atoms with Gasteiger partial charge in [-0.2, -0.15) is 8.42 Å². The van der Waals surface area contributed by atoms with Gasteiger partial charge in [-0.15, -0.1) is 0 Å². The molecule has 0 aromatic rings. The lowest BCUT2D eigenvalue weighted by Gasteiger charge is -2.11. The van der Waals surface area contributed by atoms with Gasteiger partial charge >= 0.3 is 10.4 Å². The van der Waals surface area contributed by atoms with Gasteiger partial charge in [0.2, 0.25) is 0 Å². The molecule has 74 valence electrons. The first-order chi connectivity index (χ1) is 5.49. The van der Waals surface area contributed by atoms with E-state index in [1.165, 1.54) is 0 Å². The Bertz CT molecular complexity index is 197. The minimum Gasteiger partial charge on any atom is -0.264 e. The van der Waals surface area contributed by atoms with Gasteiger partial charge < -0.3 is 0 Å². The third kappa shape index (κ3) is 6.57. The van der Waals surface area contributed by atoms with E-state index in [0.29, 0.717) is 12.8 Å². The summed E-state index contributed by atoms with van der Waals surface area (Å²) in [5, 5.41) is 0. The Morgan fingerprint density at radius 1 is 1.42 bits per heavy atom. The molecular formula is C7H16O4S. The standard InChI is InChI=1S/C7H16O4S/c1-3-5-6-7(4-2)11-12(8,9)10/h7H,3-6H2,1-2H3,(H,8,9,10). The summed E-state index contributed by atoms with van der Waals surface area (Å²) >= 11 is 0. The summed E-state index contributed by atoms with van der Waals surface area (Å²) in [7, 11) is -4.27. The highest BCUT2D eigenvalue weighted by Gasteiger charge is 2.14. The quantitative estimate of drug-likeness (QED) is 0.658. The maximum Gasteiger partial charge on any atom is 0.397 e. The number of hydrogen-bond donors (Lipinski definition) is 1. The van der Waals surface area contributed by atoms with Gasteiger partial charge in [-0.25, -0.2) is 4.18 Å². The van der Waals surface area contributed by atoms with E-state index >= 15 is 0 Å². The zero-order valence-corrected chi connectivity index (χ0v) is 8.30. The van der Waals surface area contributed by atoms with E-state index in [9.17, 15) is 8.42 Å². The Balaban J connectivity index is 3.83. The van der Waals surface area contributed by atoms with Crippen LogP contribution < -0.4 is 0 Å². The molecule has 0 amide bonds. The van der Waals surface area contributed by atoms with Crippen molar-refractivity contribution in [3.05, 3.63) is 0 Å². The Morgan fingerprint density at radius 2 is 2.00 bits per heavy atom. The van der Waals surface area contributed by atoms with E-state index in [1.54, 1.807) is 0 Å². The molecule has 0 saturated carbocycles. The average molecular weight is 196 g/mol. The third-order valence-electron chi connectivity index (χ3n) is 1.59. The van der Waals surface area contributed by atoms with Crippen molar-refractivity contribution in [2.45, 2.75) is 45.6 Å². The van der Waals surface area contributed by atoms with Crippen LogP contribution >= 0.6 is 0 Å². The van der Waals surface area contributed by atoms with Crippen LogP contribution in [-0.2, 0) is 14.6 Å². The Kier molecular flexibility index (Phi) is 5.44. The van der Waals surface area contributed by atoms with Crippen LogP contribution in [-0.4, -0.2) is 19.1 Å². The number of hydrogen-bond acceptors (Lipinski definition) is 3. The SMILES string of the molecule is CCCCC(CC)OS(=O)(=O)O. The maximum absolute atomic E-state index is 10.3. The minimum absolute atomic E-state index is 0.375. The molecule has 1 N–H and O–H groups in total. The lowest BCUT2D eigenvalue weighted by Crippen LogP contribution is -2.16. The topological polar surface area (TPSA) is 63.6 Å². The van der Waals surface area contributed by atoms with E-state index in [-0.39, 0.29) is 6.10 Å². The second-order valence-corrected chi connectivity index (χ2v) is 3.74. The van der Waals surface area contributed by atoms with Crippen LogP contribution in [0, 0.1) is 0 Å². The van der Waals surface area contributed by atoms with Gasteiger partial charge in [-0.05, 0) is 12.8 Å². The second kappa shape index (κ2) is 5.50. The molecule has 0 aromatic carbocycles. The maximum atomic E-state index is 10.3. The molecular weight excluding hydrogens is 180 g/mol. The van der Waals surface area contributed by atoms with Crippen LogP contribution in [0.3, 0.4) is 0 Å². The summed E-state index contributed by atoms with van der Waals surface area (Å²) in [5.74, 6) is 0. The van der Waals surface area contributed by atoms with Crippen LogP contribution in [0.25, 0.3) is 0 Å². The van der Waals surface area contributed by atoms with Crippen LogP contribution in [0.1, 0.15) is 39.5 Å². The molecule has 0 aliphatic rings. The first kappa shape index (κ1) is 11.9. The van der Waals surface area contributed by atoms with Gasteiger partial charge in [0.25, 0.3) is 0 Å². The van der Waals surface area contributed by atoms with Crippen molar-refractivity contribution in [2.24, 2.45) is 0 Å². The van der Waals surface area contributed by atoms with Crippen molar-refractivity contribution in [3.8, 4) is 0 Å². The first-order valence-corrected chi connectivity index (χ1v) is 5.51. The average Bonchev–Trinajstić information content (AvgIpc) is 1.95. The van der Waals surface area contributed by atoms with E-state index in [0.717, 1.165) is 12.8 Å². The smallest absolute Gasteiger partial charge is 0.264 e. The predicted octanol–water partition coefficient (Wildman–Crippen LogP) is 1.77. The van der Waals surface area contributed by atoms with Crippen molar-refractivity contribution in [3.63, 3.8) is 0 Å². The first-order valence-electron chi connectivity index (χ1n) is 4.15. The molecule has 4 nitrogen and oxygen atoms in total. The fourth-order valence-corrected chi connectivity index (χ4v) is 1.50. The molecule has 1 atom stereocenters. The molecule has 0 aliphatic heterocycles. The summed E-state index contributed by atoms with van der Waals surface area (Å²) in [4.78, 5) is 0. The van der Waals surface area contributed by atoms with E-state index in [4.69, 9.17) is 4.55 Å². The van der Waals surface area contributed by atoms with Crippen LogP contribution in [0.2, 0.25) is 0 Å². The van der Waals surface area contributed by atoms with Crippen LogP contribution in [0.5, 0.6) is 0 Å². The Hall–Kier alpha value is -0.130. The normalized spacial score (nSPS) is 14.6. The van der Waals surface area contributed by atoms with Gasteiger partial charge in [-0.3, -0.25) is 4.55 Å². The molecule has 0 heterocycles. The zero-order valence-electron chi connectivity index (χ0n) is 7.49. The number of unbranched alkanes of at least 4 members (excludes halogenated alkanes) is 1. The Labute approximate surface area is 73.9 Å².